The van der Waals surface area contributed by atoms with Crippen LogP contribution in [0.3, 0.4) is 0 Å². The molecule has 0 aromatic heterocycles. The van der Waals surface area contributed by atoms with Crippen LogP contribution in [0.1, 0.15) is 13.8 Å². The van der Waals surface area contributed by atoms with Crippen LogP contribution in [0.4, 0.5) is 0 Å². The molecular formula is C9H12O2S. The minimum Gasteiger partial charge on any atom is -0.504 e. The van der Waals surface area contributed by atoms with Gasteiger partial charge in [0.1, 0.15) is 0 Å². The standard InChI is InChI=1S/C9H12O2S/c1-6(2)12-8-5-3-4-7(10)9(8)11/h3-6,10-11H,1-2H3. The Bertz CT molecular complexity index is 271. The molecule has 0 saturated heterocycles. The summed E-state index contributed by atoms with van der Waals surface area (Å²) in [6.07, 6.45) is 0. The monoisotopic (exact) mass is 184 g/mol. The number of hydrogen-bond donors (Lipinski definition) is 2. The normalized spacial score (nSPS) is 10.6. The van der Waals surface area contributed by atoms with Gasteiger partial charge in [0.25, 0.3) is 0 Å². The summed E-state index contributed by atoms with van der Waals surface area (Å²) in [7, 11) is 0. The second-order valence-corrected chi connectivity index (χ2v) is 4.41. The summed E-state index contributed by atoms with van der Waals surface area (Å²) in [4.78, 5) is 0.727. The maximum atomic E-state index is 9.38. The van der Waals surface area contributed by atoms with E-state index in [4.69, 9.17) is 5.11 Å². The van der Waals surface area contributed by atoms with E-state index < -0.39 is 0 Å². The predicted molar refractivity (Wildman–Crippen MR) is 50.8 cm³/mol. The van der Waals surface area contributed by atoms with Crippen LogP contribution in [0.2, 0.25) is 0 Å². The van der Waals surface area contributed by atoms with Gasteiger partial charge < -0.3 is 10.2 Å². The Kier molecular flexibility index (Phi) is 2.87. The third-order valence-corrected chi connectivity index (χ3v) is 2.40. The van der Waals surface area contributed by atoms with Gasteiger partial charge in [-0.05, 0) is 12.1 Å². The largest absolute Gasteiger partial charge is 0.504 e. The van der Waals surface area contributed by atoms with Gasteiger partial charge >= 0.3 is 0 Å². The molecule has 1 aromatic carbocycles. The van der Waals surface area contributed by atoms with Crippen molar-refractivity contribution in [1.29, 1.82) is 0 Å². The Morgan fingerprint density at radius 2 is 1.92 bits per heavy atom. The van der Waals surface area contributed by atoms with Gasteiger partial charge in [0.05, 0.1) is 4.90 Å². The minimum absolute atomic E-state index is 0.0174. The second-order valence-electron chi connectivity index (χ2n) is 2.79. The molecule has 1 rings (SSSR count). The quantitative estimate of drug-likeness (QED) is 0.548. The molecule has 0 aliphatic rings. The lowest BCUT2D eigenvalue weighted by Crippen LogP contribution is -1.85. The first-order valence-electron chi connectivity index (χ1n) is 3.79. The first-order valence-corrected chi connectivity index (χ1v) is 4.67. The van der Waals surface area contributed by atoms with E-state index in [1.807, 2.05) is 13.8 Å². The molecule has 1 aromatic rings. The number of thioether (sulfide) groups is 1. The third kappa shape index (κ3) is 2.08. The molecule has 2 N–H and O–H groups in total. The van der Waals surface area contributed by atoms with Gasteiger partial charge in [0.2, 0.25) is 0 Å². The lowest BCUT2D eigenvalue weighted by Gasteiger charge is -2.07. The summed E-state index contributed by atoms with van der Waals surface area (Å²) in [5.74, 6) is -0.0724. The molecular weight excluding hydrogens is 172 g/mol. The van der Waals surface area contributed by atoms with E-state index in [-0.39, 0.29) is 11.5 Å². The fraction of sp³-hybridized carbons (Fsp3) is 0.333. The summed E-state index contributed by atoms with van der Waals surface area (Å²) >= 11 is 1.53. The molecule has 0 heterocycles. The van der Waals surface area contributed by atoms with Crippen molar-refractivity contribution in [3.05, 3.63) is 18.2 Å². The van der Waals surface area contributed by atoms with Crippen LogP contribution in [0.5, 0.6) is 11.5 Å². The van der Waals surface area contributed by atoms with Crippen molar-refractivity contribution in [2.75, 3.05) is 0 Å². The molecule has 3 heteroatoms. The highest BCUT2D eigenvalue weighted by atomic mass is 32.2. The van der Waals surface area contributed by atoms with Crippen molar-refractivity contribution < 1.29 is 10.2 Å². The average Bonchev–Trinajstić information content (AvgIpc) is 1.98. The topological polar surface area (TPSA) is 40.5 Å². The Labute approximate surface area is 76.2 Å². The molecule has 0 unspecified atom stereocenters. The van der Waals surface area contributed by atoms with E-state index >= 15 is 0 Å². The number of phenolic OH excluding ortho intramolecular Hbond substituents is 2. The van der Waals surface area contributed by atoms with Gasteiger partial charge in [0, 0.05) is 5.25 Å². The fourth-order valence-corrected chi connectivity index (χ4v) is 1.74. The SMILES string of the molecule is CC(C)Sc1cccc(O)c1O. The number of rotatable bonds is 2. The summed E-state index contributed by atoms with van der Waals surface area (Å²) in [5.41, 5.74) is 0. The number of aromatic hydroxyl groups is 2. The van der Waals surface area contributed by atoms with E-state index in [1.165, 1.54) is 17.8 Å². The van der Waals surface area contributed by atoms with E-state index in [1.54, 1.807) is 12.1 Å². The third-order valence-electron chi connectivity index (χ3n) is 1.34. The molecule has 0 aliphatic heterocycles. The smallest absolute Gasteiger partial charge is 0.171 e. The maximum absolute atomic E-state index is 9.38. The Balaban J connectivity index is 2.92. The fourth-order valence-electron chi connectivity index (χ4n) is 0.860. The van der Waals surface area contributed by atoms with Gasteiger partial charge in [0.15, 0.2) is 11.5 Å². The Morgan fingerprint density at radius 1 is 1.25 bits per heavy atom. The molecule has 0 saturated carbocycles. The number of phenols is 2. The Hall–Kier alpha value is -0.830. The summed E-state index contributed by atoms with van der Waals surface area (Å²) in [6, 6.07) is 4.99. The summed E-state index contributed by atoms with van der Waals surface area (Å²) < 4.78 is 0. The van der Waals surface area contributed by atoms with E-state index in [0.717, 1.165) is 4.90 Å². The van der Waals surface area contributed by atoms with E-state index in [0.29, 0.717) is 5.25 Å². The van der Waals surface area contributed by atoms with Gasteiger partial charge in [-0.25, -0.2) is 0 Å². The zero-order valence-corrected chi connectivity index (χ0v) is 7.93. The van der Waals surface area contributed by atoms with Crippen molar-refractivity contribution in [2.24, 2.45) is 0 Å². The number of hydrogen-bond acceptors (Lipinski definition) is 3. The van der Waals surface area contributed by atoms with E-state index in [2.05, 4.69) is 0 Å². The van der Waals surface area contributed by atoms with Crippen LogP contribution < -0.4 is 0 Å². The average molecular weight is 184 g/mol. The van der Waals surface area contributed by atoms with Crippen LogP contribution >= 0.6 is 11.8 Å². The van der Waals surface area contributed by atoms with Crippen LogP contribution in [0, 0.1) is 0 Å². The zero-order valence-electron chi connectivity index (χ0n) is 7.11. The van der Waals surface area contributed by atoms with Crippen LogP contribution in [-0.4, -0.2) is 15.5 Å². The predicted octanol–water partition coefficient (Wildman–Crippen LogP) is 2.60. The molecule has 0 aliphatic carbocycles. The highest BCUT2D eigenvalue weighted by molar-refractivity contribution is 8.00. The molecule has 66 valence electrons. The Morgan fingerprint density at radius 3 is 2.50 bits per heavy atom. The molecule has 0 bridgehead atoms. The van der Waals surface area contributed by atoms with Crippen LogP contribution in [0.15, 0.2) is 23.1 Å². The van der Waals surface area contributed by atoms with Crippen LogP contribution in [-0.2, 0) is 0 Å². The summed E-state index contributed by atoms with van der Waals surface area (Å²) in [5, 5.41) is 18.9. The lowest BCUT2D eigenvalue weighted by molar-refractivity contribution is 0.395. The molecule has 0 atom stereocenters. The maximum Gasteiger partial charge on any atom is 0.171 e. The lowest BCUT2D eigenvalue weighted by atomic mass is 10.3. The molecule has 0 spiro atoms. The first kappa shape index (κ1) is 9.26. The zero-order chi connectivity index (χ0) is 9.14. The highest BCUT2D eigenvalue weighted by Crippen LogP contribution is 2.37. The molecule has 0 amide bonds. The second kappa shape index (κ2) is 3.72. The molecule has 0 fully saturated rings. The van der Waals surface area contributed by atoms with Gasteiger partial charge in [-0.2, -0.15) is 0 Å². The van der Waals surface area contributed by atoms with Crippen molar-refractivity contribution in [1.82, 2.24) is 0 Å². The molecule has 12 heavy (non-hydrogen) atoms. The van der Waals surface area contributed by atoms with Crippen molar-refractivity contribution >= 4 is 11.8 Å². The number of benzene rings is 1. The van der Waals surface area contributed by atoms with Crippen molar-refractivity contribution in [2.45, 2.75) is 24.0 Å². The van der Waals surface area contributed by atoms with E-state index in [9.17, 15) is 5.11 Å². The molecule has 0 radical (unpaired) electrons. The van der Waals surface area contributed by atoms with Gasteiger partial charge in [-0.15, -0.1) is 11.8 Å². The number of para-hydroxylation sites is 1. The van der Waals surface area contributed by atoms with Crippen molar-refractivity contribution in [3.8, 4) is 11.5 Å². The molecule has 2 nitrogen and oxygen atoms in total. The summed E-state index contributed by atoms with van der Waals surface area (Å²) in [6.45, 7) is 4.07. The minimum atomic E-state index is -0.0550. The first-order chi connectivity index (χ1) is 5.61. The van der Waals surface area contributed by atoms with Crippen molar-refractivity contribution in [3.63, 3.8) is 0 Å². The van der Waals surface area contributed by atoms with Gasteiger partial charge in [-0.3, -0.25) is 0 Å². The van der Waals surface area contributed by atoms with Crippen LogP contribution in [0.25, 0.3) is 0 Å². The highest BCUT2D eigenvalue weighted by Gasteiger charge is 2.07. The van der Waals surface area contributed by atoms with Gasteiger partial charge in [-0.1, -0.05) is 19.9 Å².